The minimum Gasteiger partial charge on any atom is -0.439 e. The molecule has 34 heavy (non-hydrogen) atoms. The van der Waals surface area contributed by atoms with E-state index in [4.69, 9.17) is 10.5 Å². The van der Waals surface area contributed by atoms with E-state index in [0.29, 0.717) is 29.9 Å². The SMILES string of the molecule is C=CC(=O)N1CCC[C@@H](n2nc(-c3cnc(Oc4ccccc4)cc3F)c3c(N)ncnc32)C1. The average molecular weight is 459 g/mol. The first-order valence-electron chi connectivity index (χ1n) is 10.8. The van der Waals surface area contributed by atoms with Crippen LogP contribution in [0.25, 0.3) is 22.3 Å². The van der Waals surface area contributed by atoms with Crippen LogP contribution in [0.4, 0.5) is 10.2 Å². The van der Waals surface area contributed by atoms with Gasteiger partial charge in [0.25, 0.3) is 0 Å². The van der Waals surface area contributed by atoms with E-state index in [-0.39, 0.29) is 34.9 Å². The number of anilines is 1. The highest BCUT2D eigenvalue weighted by Gasteiger charge is 2.28. The summed E-state index contributed by atoms with van der Waals surface area (Å²) >= 11 is 0. The molecule has 1 amide bonds. The molecule has 1 aliphatic rings. The molecule has 0 unspecified atom stereocenters. The van der Waals surface area contributed by atoms with Gasteiger partial charge in [-0.1, -0.05) is 24.8 Å². The number of nitrogen functional groups attached to an aromatic ring is 1. The summed E-state index contributed by atoms with van der Waals surface area (Å²) in [5, 5.41) is 5.12. The highest BCUT2D eigenvalue weighted by molar-refractivity contribution is 5.98. The van der Waals surface area contributed by atoms with E-state index in [9.17, 15) is 4.79 Å². The van der Waals surface area contributed by atoms with Crippen molar-refractivity contribution >= 4 is 22.8 Å². The fraction of sp³-hybridized carbons (Fsp3) is 0.208. The number of nitrogens with two attached hydrogens (primary N) is 1. The number of fused-ring (bicyclic) bond motifs is 1. The third kappa shape index (κ3) is 3.94. The zero-order valence-corrected chi connectivity index (χ0v) is 18.3. The number of carbonyl (C=O) groups excluding carboxylic acids is 1. The van der Waals surface area contributed by atoms with Gasteiger partial charge in [0, 0.05) is 25.4 Å². The molecular weight excluding hydrogens is 437 g/mol. The van der Waals surface area contributed by atoms with Gasteiger partial charge in [-0.05, 0) is 31.1 Å². The van der Waals surface area contributed by atoms with Gasteiger partial charge in [0.1, 0.15) is 29.4 Å². The number of ether oxygens (including phenoxy) is 1. The van der Waals surface area contributed by atoms with Crippen molar-refractivity contribution in [2.24, 2.45) is 0 Å². The summed E-state index contributed by atoms with van der Waals surface area (Å²) in [4.78, 5) is 26.6. The molecule has 1 atom stereocenters. The number of hydrogen-bond donors (Lipinski definition) is 1. The van der Waals surface area contributed by atoms with Gasteiger partial charge in [-0.25, -0.2) is 24.0 Å². The van der Waals surface area contributed by atoms with Crippen molar-refractivity contribution in [1.29, 1.82) is 0 Å². The Morgan fingerprint density at radius 3 is 2.82 bits per heavy atom. The van der Waals surface area contributed by atoms with Crippen molar-refractivity contribution in [2.75, 3.05) is 18.8 Å². The summed E-state index contributed by atoms with van der Waals surface area (Å²) < 4.78 is 22.6. The summed E-state index contributed by atoms with van der Waals surface area (Å²) in [6.07, 6.45) is 5.59. The molecule has 4 heterocycles. The maximum Gasteiger partial charge on any atom is 0.246 e. The van der Waals surface area contributed by atoms with Gasteiger partial charge < -0.3 is 15.4 Å². The van der Waals surface area contributed by atoms with Gasteiger partial charge >= 0.3 is 0 Å². The topological polar surface area (TPSA) is 112 Å². The normalized spacial score (nSPS) is 15.9. The van der Waals surface area contributed by atoms with Crippen LogP contribution in [0, 0.1) is 5.82 Å². The van der Waals surface area contributed by atoms with Crippen LogP contribution in [0.1, 0.15) is 18.9 Å². The fourth-order valence-corrected chi connectivity index (χ4v) is 4.17. The molecule has 1 aromatic carbocycles. The lowest BCUT2D eigenvalue weighted by atomic mass is 10.1. The van der Waals surface area contributed by atoms with Gasteiger partial charge in [-0.2, -0.15) is 5.10 Å². The molecule has 9 nitrogen and oxygen atoms in total. The minimum atomic E-state index is -0.567. The minimum absolute atomic E-state index is 0.117. The highest BCUT2D eigenvalue weighted by Crippen LogP contribution is 2.35. The lowest BCUT2D eigenvalue weighted by Gasteiger charge is -2.32. The predicted octanol–water partition coefficient (Wildman–Crippen LogP) is 3.75. The lowest BCUT2D eigenvalue weighted by Crippen LogP contribution is -2.40. The molecule has 1 saturated heterocycles. The number of aromatic nitrogens is 5. The maximum atomic E-state index is 15.2. The Balaban J connectivity index is 1.54. The number of amides is 1. The number of para-hydroxylation sites is 1. The molecule has 1 fully saturated rings. The maximum absolute atomic E-state index is 15.2. The number of piperidine rings is 1. The summed E-state index contributed by atoms with van der Waals surface area (Å²) in [5.41, 5.74) is 7.08. The number of likely N-dealkylation sites (tertiary alicyclic amines) is 1. The highest BCUT2D eigenvalue weighted by atomic mass is 19.1. The lowest BCUT2D eigenvalue weighted by molar-refractivity contribution is -0.127. The van der Waals surface area contributed by atoms with Gasteiger partial charge in [0.15, 0.2) is 5.65 Å². The molecule has 0 aliphatic carbocycles. The summed E-state index contributed by atoms with van der Waals surface area (Å²) in [6, 6.07) is 10.1. The monoisotopic (exact) mass is 459 g/mol. The summed E-state index contributed by atoms with van der Waals surface area (Å²) in [7, 11) is 0. The van der Waals surface area contributed by atoms with E-state index in [1.165, 1.54) is 24.7 Å². The molecule has 3 aromatic heterocycles. The Morgan fingerprint density at radius 2 is 2.06 bits per heavy atom. The van der Waals surface area contributed by atoms with Crippen LogP contribution in [-0.4, -0.2) is 48.6 Å². The Labute approximate surface area is 194 Å². The third-order valence-electron chi connectivity index (χ3n) is 5.80. The number of rotatable bonds is 5. The van der Waals surface area contributed by atoms with Gasteiger partial charge in [0.05, 0.1) is 17.0 Å². The molecule has 172 valence electrons. The van der Waals surface area contributed by atoms with Gasteiger partial charge in [0.2, 0.25) is 11.8 Å². The van der Waals surface area contributed by atoms with Crippen molar-refractivity contribution in [2.45, 2.75) is 18.9 Å². The zero-order chi connectivity index (χ0) is 23.7. The van der Waals surface area contributed by atoms with Crippen molar-refractivity contribution < 1.29 is 13.9 Å². The second-order valence-electron chi connectivity index (χ2n) is 7.95. The summed E-state index contributed by atoms with van der Waals surface area (Å²) in [5.74, 6) is 0.143. The standard InChI is InChI=1S/C24H22FN7O2/c1-2-20(33)31-10-6-7-15(13-31)32-24-21(23(26)28-14-29-24)22(30-32)17-12-27-19(11-18(17)25)34-16-8-4-3-5-9-16/h2-5,8-9,11-12,14-15H,1,6-7,10,13H2,(H2,26,28,29)/t15-/m1/s1. The molecule has 10 heteroatoms. The van der Waals surface area contributed by atoms with E-state index >= 15 is 4.39 Å². The van der Waals surface area contributed by atoms with Gasteiger partial charge in [-0.15, -0.1) is 0 Å². The first-order valence-corrected chi connectivity index (χ1v) is 10.8. The van der Waals surface area contributed by atoms with E-state index in [1.54, 1.807) is 21.7 Å². The first-order chi connectivity index (χ1) is 16.5. The van der Waals surface area contributed by atoms with E-state index in [2.05, 4.69) is 26.6 Å². The predicted molar refractivity (Wildman–Crippen MR) is 124 cm³/mol. The summed E-state index contributed by atoms with van der Waals surface area (Å²) in [6.45, 7) is 4.66. The van der Waals surface area contributed by atoms with Crippen molar-refractivity contribution in [3.8, 4) is 22.9 Å². The molecule has 0 radical (unpaired) electrons. The van der Waals surface area contributed by atoms with E-state index < -0.39 is 5.82 Å². The number of carbonyl (C=O) groups is 1. The van der Waals surface area contributed by atoms with Crippen molar-refractivity contribution in [3.63, 3.8) is 0 Å². The van der Waals surface area contributed by atoms with Crippen molar-refractivity contribution in [1.82, 2.24) is 29.6 Å². The molecular formula is C24H22FN7O2. The Hall–Kier alpha value is -4.34. The third-order valence-corrected chi connectivity index (χ3v) is 5.80. The molecule has 5 rings (SSSR count). The van der Waals surface area contributed by atoms with Crippen LogP contribution in [0.2, 0.25) is 0 Å². The van der Waals surface area contributed by atoms with Crippen LogP contribution in [0.15, 0.2) is 61.6 Å². The second kappa shape index (κ2) is 8.89. The number of benzene rings is 1. The number of hydrogen-bond acceptors (Lipinski definition) is 7. The largest absolute Gasteiger partial charge is 0.439 e. The Kier molecular flexibility index (Phi) is 5.62. The molecule has 0 saturated carbocycles. The molecule has 2 N–H and O–H groups in total. The van der Waals surface area contributed by atoms with E-state index in [0.717, 1.165) is 12.8 Å². The van der Waals surface area contributed by atoms with Crippen molar-refractivity contribution in [3.05, 3.63) is 67.4 Å². The van der Waals surface area contributed by atoms with E-state index in [1.807, 2.05) is 18.2 Å². The van der Waals surface area contributed by atoms with Gasteiger partial charge in [-0.3, -0.25) is 4.79 Å². The fourth-order valence-electron chi connectivity index (χ4n) is 4.17. The van der Waals surface area contributed by atoms with Crippen LogP contribution >= 0.6 is 0 Å². The number of nitrogens with zero attached hydrogens (tertiary/aromatic N) is 6. The first kappa shape index (κ1) is 21.5. The quantitative estimate of drug-likeness (QED) is 0.452. The number of halogens is 1. The second-order valence-corrected chi connectivity index (χ2v) is 7.95. The van der Waals surface area contributed by atoms with Crippen LogP contribution < -0.4 is 10.5 Å². The smallest absolute Gasteiger partial charge is 0.246 e. The Bertz CT molecular complexity index is 1370. The molecule has 1 aliphatic heterocycles. The van der Waals surface area contributed by atoms with Crippen LogP contribution in [-0.2, 0) is 4.79 Å². The Morgan fingerprint density at radius 1 is 1.24 bits per heavy atom. The number of pyridine rings is 1. The molecule has 4 aromatic rings. The molecule has 0 spiro atoms. The zero-order valence-electron chi connectivity index (χ0n) is 18.3. The van der Waals surface area contributed by atoms with Crippen LogP contribution in [0.3, 0.4) is 0 Å². The average Bonchev–Trinajstić information content (AvgIpc) is 3.25. The molecule has 0 bridgehead atoms. The van der Waals surface area contributed by atoms with Crippen LogP contribution in [0.5, 0.6) is 11.6 Å².